The lowest BCUT2D eigenvalue weighted by Crippen LogP contribution is -2.34. The average molecular weight is 354 g/mol. The maximum absolute atomic E-state index is 12.1. The van der Waals surface area contributed by atoms with Crippen LogP contribution in [-0.4, -0.2) is 54.1 Å². The first kappa shape index (κ1) is 21.8. The highest BCUT2D eigenvalue weighted by molar-refractivity contribution is 5.86. The van der Waals surface area contributed by atoms with Gasteiger partial charge in [0.2, 0.25) is 0 Å². The zero-order valence-corrected chi connectivity index (χ0v) is 15.9. The molecule has 1 heterocycles. The van der Waals surface area contributed by atoms with Crippen LogP contribution in [0.15, 0.2) is 12.2 Å². The Labute approximate surface area is 152 Å². The molecule has 0 spiro atoms. The Morgan fingerprint density at radius 3 is 2.84 bits per heavy atom. The van der Waals surface area contributed by atoms with Gasteiger partial charge in [-0.15, -0.1) is 0 Å². The van der Waals surface area contributed by atoms with E-state index in [0.717, 1.165) is 51.6 Å². The van der Waals surface area contributed by atoms with Crippen molar-refractivity contribution in [3.05, 3.63) is 12.2 Å². The van der Waals surface area contributed by atoms with Gasteiger partial charge in [-0.25, -0.2) is 0 Å². The number of unbranched alkanes of at least 4 members (excludes halogenated alkanes) is 3. The molecule has 1 fully saturated rings. The molecule has 1 N–H and O–H groups in total. The molecule has 0 aromatic rings. The molecule has 0 saturated carbocycles. The Kier molecular flexibility index (Phi) is 11.4. The van der Waals surface area contributed by atoms with Crippen molar-refractivity contribution in [2.45, 2.75) is 83.3 Å². The lowest BCUT2D eigenvalue weighted by atomic mass is 10.1. The summed E-state index contributed by atoms with van der Waals surface area (Å²) in [7, 11) is 1.40. The Morgan fingerprint density at radius 1 is 1.32 bits per heavy atom. The van der Waals surface area contributed by atoms with E-state index in [9.17, 15) is 14.7 Å². The third-order valence-corrected chi connectivity index (χ3v) is 4.85. The molecule has 0 aliphatic carbocycles. The number of carbonyl (C=O) groups excluding carboxylic acids is 2. The van der Waals surface area contributed by atoms with Crippen LogP contribution in [-0.2, 0) is 14.3 Å². The molecular formula is C20H35NO4. The molecule has 1 saturated heterocycles. The summed E-state index contributed by atoms with van der Waals surface area (Å²) in [4.78, 5) is 25.3. The number of ether oxygens (including phenoxy) is 1. The predicted molar refractivity (Wildman–Crippen MR) is 99.4 cm³/mol. The zero-order chi connectivity index (χ0) is 18.5. The molecule has 1 rings (SSSR count). The SMILES string of the molecule is CCCCC[C@@H](O)CCN1CCC(=O)[C@@H]1CC=CCCCC(=O)OC. The van der Waals surface area contributed by atoms with Crippen molar-refractivity contribution < 1.29 is 19.4 Å². The number of hydrogen-bond acceptors (Lipinski definition) is 5. The third kappa shape index (κ3) is 9.17. The smallest absolute Gasteiger partial charge is 0.305 e. The largest absolute Gasteiger partial charge is 0.469 e. The second kappa shape index (κ2) is 13.1. The minimum atomic E-state index is -0.253. The fraction of sp³-hybridized carbons (Fsp3) is 0.800. The summed E-state index contributed by atoms with van der Waals surface area (Å²) < 4.78 is 4.61. The quantitative estimate of drug-likeness (QED) is 0.313. The van der Waals surface area contributed by atoms with E-state index in [2.05, 4.69) is 22.6 Å². The molecule has 144 valence electrons. The monoisotopic (exact) mass is 353 g/mol. The van der Waals surface area contributed by atoms with Crippen molar-refractivity contribution in [1.29, 1.82) is 0 Å². The molecule has 1 aliphatic rings. The van der Waals surface area contributed by atoms with Crippen molar-refractivity contribution in [3.63, 3.8) is 0 Å². The molecule has 25 heavy (non-hydrogen) atoms. The van der Waals surface area contributed by atoms with Gasteiger partial charge >= 0.3 is 5.97 Å². The van der Waals surface area contributed by atoms with E-state index in [4.69, 9.17) is 0 Å². The maximum atomic E-state index is 12.1. The van der Waals surface area contributed by atoms with Gasteiger partial charge in [-0.1, -0.05) is 38.3 Å². The Hall–Kier alpha value is -1.20. The summed E-state index contributed by atoms with van der Waals surface area (Å²) in [5, 5.41) is 10.1. The van der Waals surface area contributed by atoms with E-state index in [1.165, 1.54) is 20.0 Å². The fourth-order valence-electron chi connectivity index (χ4n) is 3.23. The molecular weight excluding hydrogens is 318 g/mol. The molecule has 1 aliphatic heterocycles. The van der Waals surface area contributed by atoms with Crippen LogP contribution in [0.1, 0.15) is 71.1 Å². The molecule has 0 amide bonds. The number of Topliss-reactive ketones (excluding diaryl/α,β-unsaturated/α-hetero) is 1. The predicted octanol–water partition coefficient (Wildman–Crippen LogP) is 3.25. The van der Waals surface area contributed by atoms with Gasteiger partial charge in [0.05, 0.1) is 19.3 Å². The standard InChI is InChI=1S/C20H35NO4/c1-3-4-7-10-17(22)13-15-21-16-14-19(23)18(21)11-8-5-6-9-12-20(24)25-2/h5,8,17-18,22H,3-4,6-7,9-16H2,1-2H3/t17-,18+/m1/s1. The molecule has 5 nitrogen and oxygen atoms in total. The second-order valence-electron chi connectivity index (χ2n) is 6.88. The fourth-order valence-corrected chi connectivity index (χ4v) is 3.23. The van der Waals surface area contributed by atoms with Crippen LogP contribution in [0, 0.1) is 0 Å². The van der Waals surface area contributed by atoms with E-state index >= 15 is 0 Å². The van der Waals surface area contributed by atoms with Gasteiger partial charge in [0.15, 0.2) is 5.78 Å². The summed E-state index contributed by atoms with van der Waals surface area (Å²) in [5.74, 6) is 0.128. The molecule has 0 radical (unpaired) electrons. The van der Waals surface area contributed by atoms with E-state index in [0.29, 0.717) is 18.6 Å². The number of nitrogens with zero attached hydrogens (tertiary/aromatic N) is 1. The van der Waals surface area contributed by atoms with Crippen LogP contribution in [0.4, 0.5) is 0 Å². The van der Waals surface area contributed by atoms with Gasteiger partial charge in [0, 0.05) is 25.9 Å². The lowest BCUT2D eigenvalue weighted by Gasteiger charge is -2.23. The Morgan fingerprint density at radius 2 is 2.12 bits per heavy atom. The van der Waals surface area contributed by atoms with Crippen LogP contribution < -0.4 is 0 Å². The summed E-state index contributed by atoms with van der Waals surface area (Å²) in [5.41, 5.74) is 0. The lowest BCUT2D eigenvalue weighted by molar-refractivity contribution is -0.140. The highest BCUT2D eigenvalue weighted by Crippen LogP contribution is 2.19. The number of ketones is 1. The summed E-state index contributed by atoms with van der Waals surface area (Å²) in [6.07, 6.45) is 12.2. The first-order chi connectivity index (χ1) is 12.1. The zero-order valence-electron chi connectivity index (χ0n) is 15.9. The molecule has 0 aromatic heterocycles. The van der Waals surface area contributed by atoms with Crippen LogP contribution in [0.3, 0.4) is 0 Å². The molecule has 2 atom stereocenters. The van der Waals surface area contributed by atoms with Crippen LogP contribution in [0.25, 0.3) is 0 Å². The molecule has 0 unspecified atom stereocenters. The van der Waals surface area contributed by atoms with Crippen LogP contribution in [0.2, 0.25) is 0 Å². The number of rotatable bonds is 13. The molecule has 5 heteroatoms. The number of allylic oxidation sites excluding steroid dienone is 1. The van der Waals surface area contributed by atoms with Crippen molar-refractivity contribution in [2.75, 3.05) is 20.2 Å². The summed E-state index contributed by atoms with van der Waals surface area (Å²) >= 11 is 0. The highest BCUT2D eigenvalue weighted by Gasteiger charge is 2.31. The Balaban J connectivity index is 2.26. The Bertz CT molecular complexity index is 422. The van der Waals surface area contributed by atoms with Crippen molar-refractivity contribution >= 4 is 11.8 Å². The summed E-state index contributed by atoms with van der Waals surface area (Å²) in [6.45, 7) is 3.76. The normalized spacial score (nSPS) is 19.6. The van der Waals surface area contributed by atoms with Crippen molar-refractivity contribution in [3.8, 4) is 0 Å². The van der Waals surface area contributed by atoms with Crippen molar-refractivity contribution in [2.24, 2.45) is 0 Å². The molecule has 0 bridgehead atoms. The number of methoxy groups -OCH3 is 1. The topological polar surface area (TPSA) is 66.8 Å². The van der Waals surface area contributed by atoms with Crippen LogP contribution >= 0.6 is 0 Å². The second-order valence-corrected chi connectivity index (χ2v) is 6.88. The van der Waals surface area contributed by atoms with Crippen LogP contribution in [0.5, 0.6) is 0 Å². The number of carbonyl (C=O) groups is 2. The first-order valence-corrected chi connectivity index (χ1v) is 9.75. The number of aliphatic hydroxyl groups is 1. The highest BCUT2D eigenvalue weighted by atomic mass is 16.5. The maximum Gasteiger partial charge on any atom is 0.305 e. The number of hydrogen-bond donors (Lipinski definition) is 1. The van der Waals surface area contributed by atoms with E-state index in [-0.39, 0.29) is 18.1 Å². The van der Waals surface area contributed by atoms with Gasteiger partial charge in [-0.3, -0.25) is 14.5 Å². The average Bonchev–Trinajstić information content (AvgIpc) is 2.96. The van der Waals surface area contributed by atoms with Gasteiger partial charge in [0.25, 0.3) is 0 Å². The summed E-state index contributed by atoms with van der Waals surface area (Å²) in [6, 6.07) is -0.0419. The minimum absolute atomic E-state index is 0.0419. The molecule has 0 aromatic carbocycles. The van der Waals surface area contributed by atoms with Crippen molar-refractivity contribution in [1.82, 2.24) is 4.90 Å². The first-order valence-electron chi connectivity index (χ1n) is 9.75. The van der Waals surface area contributed by atoms with Gasteiger partial charge in [-0.05, 0) is 32.1 Å². The number of aliphatic hydroxyl groups excluding tert-OH is 1. The van der Waals surface area contributed by atoms with Gasteiger partial charge in [-0.2, -0.15) is 0 Å². The third-order valence-electron chi connectivity index (χ3n) is 4.85. The van der Waals surface area contributed by atoms with Gasteiger partial charge in [0.1, 0.15) is 0 Å². The van der Waals surface area contributed by atoms with E-state index in [1.807, 2.05) is 6.08 Å². The minimum Gasteiger partial charge on any atom is -0.469 e. The number of esters is 1. The van der Waals surface area contributed by atoms with E-state index in [1.54, 1.807) is 0 Å². The van der Waals surface area contributed by atoms with Gasteiger partial charge < -0.3 is 9.84 Å². The number of likely N-dealkylation sites (tertiary alicyclic amines) is 1. The van der Waals surface area contributed by atoms with E-state index < -0.39 is 0 Å².